The van der Waals surface area contributed by atoms with E-state index in [0.29, 0.717) is 0 Å². The zero-order valence-electron chi connectivity index (χ0n) is 6.98. The second-order valence-corrected chi connectivity index (χ2v) is 2.59. The number of carboxylic acid groups (broad SMARTS) is 2. The molecule has 5 nitrogen and oxygen atoms in total. The number of carbonyl (C=O) groups is 2. The van der Waals surface area contributed by atoms with Crippen LogP contribution in [0.25, 0.3) is 0 Å². The molecule has 0 bridgehead atoms. The molecule has 5 heteroatoms. The normalized spacial score (nSPS) is 15.3. The molecule has 0 heterocycles. The fourth-order valence-corrected chi connectivity index (χ4v) is 1.16. The van der Waals surface area contributed by atoms with Gasteiger partial charge in [0.2, 0.25) is 0 Å². The van der Waals surface area contributed by atoms with Crippen LogP contribution < -0.4 is 0 Å². The molecule has 0 aromatic heterocycles. The highest BCUT2D eigenvalue weighted by molar-refractivity contribution is 6.06. The number of hydrogen-bond acceptors (Lipinski definition) is 3. The van der Waals surface area contributed by atoms with E-state index in [1.165, 1.54) is 18.1 Å². The van der Waals surface area contributed by atoms with Crippen molar-refractivity contribution in [3.05, 3.63) is 28.9 Å². The Balaban J connectivity index is 3.41. The van der Waals surface area contributed by atoms with Gasteiger partial charge in [-0.25, -0.2) is 14.4 Å². The van der Waals surface area contributed by atoms with Gasteiger partial charge in [0.1, 0.15) is 5.94 Å². The van der Waals surface area contributed by atoms with Crippen LogP contribution in [0.4, 0.5) is 0 Å². The van der Waals surface area contributed by atoms with Gasteiger partial charge in [0.05, 0.1) is 16.7 Å². The van der Waals surface area contributed by atoms with Gasteiger partial charge in [0.25, 0.3) is 0 Å². The first-order valence-corrected chi connectivity index (χ1v) is 3.69. The van der Waals surface area contributed by atoms with Gasteiger partial charge in [-0.3, -0.25) is 0 Å². The smallest absolute Gasteiger partial charge is 0.337 e. The summed E-state index contributed by atoms with van der Waals surface area (Å²) in [6.07, 6.45) is 2.69. The molecule has 0 saturated carbocycles. The maximum absolute atomic E-state index is 10.7. The van der Waals surface area contributed by atoms with Crippen LogP contribution >= 0.6 is 0 Å². The molecular formula is C9H6O5. The van der Waals surface area contributed by atoms with Gasteiger partial charge in [0.15, 0.2) is 0 Å². The summed E-state index contributed by atoms with van der Waals surface area (Å²) in [5.74, 6) is -1.36. The molecule has 0 atom stereocenters. The first-order chi connectivity index (χ1) is 6.57. The van der Waals surface area contributed by atoms with E-state index < -0.39 is 17.5 Å². The van der Waals surface area contributed by atoms with Crippen LogP contribution in [-0.4, -0.2) is 28.1 Å². The van der Waals surface area contributed by atoms with Gasteiger partial charge < -0.3 is 10.2 Å². The highest BCUT2D eigenvalue weighted by Crippen LogP contribution is 2.23. The molecule has 0 spiro atoms. The average molecular weight is 194 g/mol. The Hall–Kier alpha value is -2.13. The summed E-state index contributed by atoms with van der Waals surface area (Å²) in [5, 5.41) is 17.4. The number of carboxylic acids is 2. The summed E-state index contributed by atoms with van der Waals surface area (Å²) in [7, 11) is 0. The molecule has 2 N–H and O–H groups in total. The third-order valence-electron chi connectivity index (χ3n) is 1.75. The minimum Gasteiger partial charge on any atom is -0.478 e. The van der Waals surface area contributed by atoms with E-state index in [4.69, 9.17) is 10.2 Å². The zero-order chi connectivity index (χ0) is 10.7. The predicted octanol–water partition coefficient (Wildman–Crippen LogP) is 0.170. The Kier molecular flexibility index (Phi) is 2.65. The van der Waals surface area contributed by atoms with Crippen molar-refractivity contribution in [2.45, 2.75) is 6.42 Å². The third kappa shape index (κ3) is 1.62. The molecule has 0 aromatic carbocycles. The highest BCUT2D eigenvalue weighted by atomic mass is 16.4. The maximum Gasteiger partial charge on any atom is 0.337 e. The molecule has 1 aliphatic rings. The van der Waals surface area contributed by atoms with Crippen molar-refractivity contribution in [3.8, 4) is 0 Å². The van der Waals surface area contributed by atoms with E-state index in [2.05, 4.69) is 0 Å². The van der Waals surface area contributed by atoms with Crippen LogP contribution in [0.1, 0.15) is 6.42 Å². The first-order valence-electron chi connectivity index (χ1n) is 3.69. The van der Waals surface area contributed by atoms with Crippen LogP contribution in [-0.2, 0) is 14.4 Å². The van der Waals surface area contributed by atoms with E-state index in [1.807, 2.05) is 0 Å². The second kappa shape index (κ2) is 3.72. The van der Waals surface area contributed by atoms with Crippen LogP contribution in [0.15, 0.2) is 28.9 Å². The maximum atomic E-state index is 10.7. The lowest BCUT2D eigenvalue weighted by molar-refractivity contribution is -0.135. The number of allylic oxidation sites excluding steroid dienone is 1. The van der Waals surface area contributed by atoms with E-state index in [9.17, 15) is 14.4 Å². The Bertz CT molecular complexity index is 407. The first kappa shape index (κ1) is 9.95. The highest BCUT2D eigenvalue weighted by Gasteiger charge is 2.24. The van der Waals surface area contributed by atoms with E-state index in [0.717, 1.165) is 0 Å². The molecular weight excluding hydrogens is 188 g/mol. The lowest BCUT2D eigenvalue weighted by atomic mass is 9.93. The Labute approximate surface area is 78.7 Å². The van der Waals surface area contributed by atoms with Crippen molar-refractivity contribution in [2.75, 3.05) is 0 Å². The molecule has 72 valence electrons. The molecule has 1 aliphatic carbocycles. The van der Waals surface area contributed by atoms with Crippen LogP contribution in [0.2, 0.25) is 0 Å². The lowest BCUT2D eigenvalue weighted by Gasteiger charge is -2.09. The Morgan fingerprint density at radius 1 is 1.29 bits per heavy atom. The van der Waals surface area contributed by atoms with E-state index in [1.54, 1.807) is 0 Å². The summed E-state index contributed by atoms with van der Waals surface area (Å²) in [5.41, 5.74) is -1.01. The average Bonchev–Trinajstić information content (AvgIpc) is 2.16. The molecule has 0 fully saturated rings. The molecule has 0 amide bonds. The van der Waals surface area contributed by atoms with Gasteiger partial charge >= 0.3 is 11.9 Å². The SMILES string of the molecule is O=C=C1CC=CC(C(=O)O)=C1C(=O)O. The van der Waals surface area contributed by atoms with Crippen molar-refractivity contribution in [2.24, 2.45) is 0 Å². The minimum atomic E-state index is -1.43. The number of rotatable bonds is 2. The monoisotopic (exact) mass is 194 g/mol. The Morgan fingerprint density at radius 2 is 1.93 bits per heavy atom. The molecule has 0 aromatic rings. The van der Waals surface area contributed by atoms with Crippen molar-refractivity contribution < 1.29 is 24.6 Å². The fourth-order valence-electron chi connectivity index (χ4n) is 1.16. The molecule has 14 heavy (non-hydrogen) atoms. The predicted molar refractivity (Wildman–Crippen MR) is 45.3 cm³/mol. The van der Waals surface area contributed by atoms with Gasteiger partial charge in [0, 0.05) is 6.42 Å². The molecule has 0 aliphatic heterocycles. The van der Waals surface area contributed by atoms with Crippen molar-refractivity contribution in [3.63, 3.8) is 0 Å². The third-order valence-corrected chi connectivity index (χ3v) is 1.75. The fraction of sp³-hybridized carbons (Fsp3) is 0.111. The summed E-state index contributed by atoms with van der Waals surface area (Å²) in [4.78, 5) is 31.7. The summed E-state index contributed by atoms with van der Waals surface area (Å²) in [6, 6.07) is 0. The van der Waals surface area contributed by atoms with E-state index in [-0.39, 0.29) is 17.6 Å². The summed E-state index contributed by atoms with van der Waals surface area (Å²) >= 11 is 0. The van der Waals surface area contributed by atoms with Crippen molar-refractivity contribution in [1.82, 2.24) is 0 Å². The van der Waals surface area contributed by atoms with Crippen LogP contribution in [0, 0.1) is 0 Å². The van der Waals surface area contributed by atoms with Crippen molar-refractivity contribution in [1.29, 1.82) is 0 Å². The molecule has 1 rings (SSSR count). The van der Waals surface area contributed by atoms with Crippen molar-refractivity contribution >= 4 is 17.9 Å². The lowest BCUT2D eigenvalue weighted by Crippen LogP contribution is -2.14. The Morgan fingerprint density at radius 3 is 2.36 bits per heavy atom. The van der Waals surface area contributed by atoms with E-state index >= 15 is 0 Å². The molecule has 0 saturated heterocycles. The largest absolute Gasteiger partial charge is 0.478 e. The van der Waals surface area contributed by atoms with Gasteiger partial charge in [-0.05, 0) is 0 Å². The quantitative estimate of drug-likeness (QED) is 0.611. The molecule has 0 unspecified atom stereocenters. The second-order valence-electron chi connectivity index (χ2n) is 2.59. The van der Waals surface area contributed by atoms with Crippen LogP contribution in [0.3, 0.4) is 0 Å². The zero-order valence-corrected chi connectivity index (χ0v) is 6.98. The summed E-state index contributed by atoms with van der Waals surface area (Å²) in [6.45, 7) is 0. The van der Waals surface area contributed by atoms with Gasteiger partial charge in [-0.15, -0.1) is 0 Å². The minimum absolute atomic E-state index is 0.0991. The van der Waals surface area contributed by atoms with Gasteiger partial charge in [-0.2, -0.15) is 0 Å². The number of hydrogen-bond donors (Lipinski definition) is 2. The summed E-state index contributed by atoms with van der Waals surface area (Å²) < 4.78 is 0. The van der Waals surface area contributed by atoms with Crippen LogP contribution in [0.5, 0.6) is 0 Å². The van der Waals surface area contributed by atoms with Gasteiger partial charge in [-0.1, -0.05) is 12.2 Å². The number of carbonyl (C=O) groups excluding carboxylic acids is 1. The number of aliphatic carboxylic acids is 2. The topological polar surface area (TPSA) is 91.7 Å². The standard InChI is InChI=1S/C9H6O5/c10-4-5-2-1-3-6(8(11)12)7(5)9(13)14/h1,3H,2H2,(H,11,12)(H,13,14). The molecule has 0 radical (unpaired) electrons.